The largest absolute Gasteiger partial charge is 0.495 e. The molecule has 1 aromatic heterocycles. The molecule has 9 heteroatoms. The molecule has 1 saturated heterocycles. The lowest BCUT2D eigenvalue weighted by Gasteiger charge is -2.17. The van der Waals surface area contributed by atoms with Crippen LogP contribution in [0.5, 0.6) is 5.75 Å². The topological polar surface area (TPSA) is 97.8 Å². The van der Waals surface area contributed by atoms with Crippen LogP contribution < -0.4 is 15.0 Å². The van der Waals surface area contributed by atoms with E-state index in [9.17, 15) is 14.9 Å². The smallest absolute Gasteiger partial charge is 0.281 e. The second kappa shape index (κ2) is 7.80. The maximum atomic E-state index is 12.9. The summed E-state index contributed by atoms with van der Waals surface area (Å²) in [5.74, 6) is 1.14. The first-order valence-corrected chi connectivity index (χ1v) is 9.23. The molecular weight excluding hydrogens is 406 g/mol. The molecule has 2 aromatic carbocycles. The van der Waals surface area contributed by atoms with Crippen LogP contribution in [0, 0.1) is 10.1 Å². The minimum absolute atomic E-state index is 0.00153. The Morgan fingerprint density at radius 1 is 1.13 bits per heavy atom. The number of nitro groups is 1. The number of hydrogen-bond acceptors (Lipinski definition) is 6. The van der Waals surface area contributed by atoms with E-state index >= 15 is 0 Å². The molecule has 150 valence electrons. The maximum absolute atomic E-state index is 12.9. The molecule has 0 spiro atoms. The van der Waals surface area contributed by atoms with Gasteiger partial charge in [-0.15, -0.1) is 0 Å². The summed E-state index contributed by atoms with van der Waals surface area (Å²) in [6, 6.07) is 16.5. The van der Waals surface area contributed by atoms with Crippen molar-refractivity contribution in [3.05, 3.63) is 82.2 Å². The number of hydrogen-bond donors (Lipinski definition) is 1. The van der Waals surface area contributed by atoms with E-state index in [0.717, 1.165) is 0 Å². The first-order valence-electron chi connectivity index (χ1n) is 8.83. The summed E-state index contributed by atoms with van der Waals surface area (Å²) in [6.45, 7) is 0. The molecule has 1 aliphatic heterocycles. The van der Waals surface area contributed by atoms with Crippen LogP contribution >= 0.6 is 12.2 Å². The number of carbonyl (C=O) groups is 1. The molecule has 1 N–H and O–H groups in total. The summed E-state index contributed by atoms with van der Waals surface area (Å²) in [6.07, 6.45) is 1.55. The van der Waals surface area contributed by atoms with Gasteiger partial charge in [-0.25, -0.2) is 4.90 Å². The van der Waals surface area contributed by atoms with Crippen LogP contribution in [0.1, 0.15) is 5.76 Å². The third-order valence-corrected chi connectivity index (χ3v) is 4.76. The third kappa shape index (κ3) is 3.53. The summed E-state index contributed by atoms with van der Waals surface area (Å²) in [5, 5.41) is 13.9. The lowest BCUT2D eigenvalue weighted by molar-refractivity contribution is -0.384. The molecule has 2 heterocycles. The number of ether oxygens (including phenoxy) is 1. The monoisotopic (exact) mass is 421 g/mol. The van der Waals surface area contributed by atoms with Gasteiger partial charge in [-0.1, -0.05) is 12.1 Å². The van der Waals surface area contributed by atoms with Gasteiger partial charge in [-0.2, -0.15) is 0 Å². The van der Waals surface area contributed by atoms with Crippen molar-refractivity contribution in [3.63, 3.8) is 0 Å². The number of benzene rings is 2. The van der Waals surface area contributed by atoms with E-state index in [1.807, 2.05) is 0 Å². The van der Waals surface area contributed by atoms with Gasteiger partial charge in [0.1, 0.15) is 23.0 Å². The second-order valence-electron chi connectivity index (χ2n) is 6.31. The lowest BCUT2D eigenvalue weighted by Crippen LogP contribution is -2.30. The Kier molecular flexibility index (Phi) is 5.03. The van der Waals surface area contributed by atoms with Gasteiger partial charge in [0.25, 0.3) is 11.6 Å². The fourth-order valence-corrected chi connectivity index (χ4v) is 3.33. The molecule has 1 amide bonds. The van der Waals surface area contributed by atoms with Crippen LogP contribution in [0.15, 0.2) is 70.8 Å². The number of nitrogens with zero attached hydrogens (tertiary/aromatic N) is 2. The summed E-state index contributed by atoms with van der Waals surface area (Å²) in [4.78, 5) is 24.6. The van der Waals surface area contributed by atoms with Crippen LogP contribution in [-0.2, 0) is 4.79 Å². The summed E-state index contributed by atoms with van der Waals surface area (Å²) in [5.41, 5.74) is 1.48. The zero-order valence-electron chi connectivity index (χ0n) is 15.7. The molecule has 1 fully saturated rings. The number of nitro benzene ring substituents is 1. The number of rotatable bonds is 5. The van der Waals surface area contributed by atoms with Crippen molar-refractivity contribution in [3.8, 4) is 17.1 Å². The fraction of sp³-hybridized carbons (Fsp3) is 0.0476. The first kappa shape index (κ1) is 19.3. The number of nitrogens with one attached hydrogen (secondary N) is 1. The molecule has 0 bridgehead atoms. The molecule has 0 atom stereocenters. The highest BCUT2D eigenvalue weighted by atomic mass is 32.1. The van der Waals surface area contributed by atoms with Gasteiger partial charge in [-0.05, 0) is 48.6 Å². The van der Waals surface area contributed by atoms with Crippen molar-refractivity contribution in [2.45, 2.75) is 0 Å². The average Bonchev–Trinajstić information content (AvgIpc) is 3.32. The average molecular weight is 421 g/mol. The second-order valence-corrected chi connectivity index (χ2v) is 6.69. The van der Waals surface area contributed by atoms with Crippen molar-refractivity contribution in [2.24, 2.45) is 0 Å². The van der Waals surface area contributed by atoms with E-state index in [1.165, 1.54) is 24.1 Å². The number of furan rings is 1. The molecular formula is C21H15N3O5S. The normalized spacial score (nSPS) is 14.8. The van der Waals surface area contributed by atoms with Crippen molar-refractivity contribution >= 4 is 40.7 Å². The van der Waals surface area contributed by atoms with E-state index < -0.39 is 4.92 Å². The Hall–Kier alpha value is -3.98. The minimum Gasteiger partial charge on any atom is -0.495 e. The maximum Gasteiger partial charge on any atom is 0.281 e. The molecule has 3 aromatic rings. The first-order chi connectivity index (χ1) is 14.5. The highest BCUT2D eigenvalue weighted by molar-refractivity contribution is 7.80. The fourth-order valence-electron chi connectivity index (χ4n) is 3.04. The van der Waals surface area contributed by atoms with Crippen molar-refractivity contribution in [1.29, 1.82) is 0 Å². The quantitative estimate of drug-likeness (QED) is 0.286. The highest BCUT2D eigenvalue weighted by Gasteiger charge is 2.33. The van der Waals surface area contributed by atoms with Crippen LogP contribution in [0.4, 0.5) is 11.4 Å². The van der Waals surface area contributed by atoms with Crippen molar-refractivity contribution < 1.29 is 18.9 Å². The van der Waals surface area contributed by atoms with Crippen molar-refractivity contribution in [2.75, 3.05) is 12.0 Å². The highest BCUT2D eigenvalue weighted by Crippen LogP contribution is 2.32. The van der Waals surface area contributed by atoms with Gasteiger partial charge >= 0.3 is 0 Å². The minimum atomic E-state index is -0.463. The third-order valence-electron chi connectivity index (χ3n) is 4.48. The molecule has 0 saturated carbocycles. The molecule has 0 unspecified atom stereocenters. The Morgan fingerprint density at radius 2 is 1.87 bits per heavy atom. The zero-order chi connectivity index (χ0) is 21.3. The Labute approximate surface area is 176 Å². The number of anilines is 1. The molecule has 30 heavy (non-hydrogen) atoms. The van der Waals surface area contributed by atoms with Gasteiger partial charge in [0, 0.05) is 23.8 Å². The molecule has 4 rings (SSSR count). The van der Waals surface area contributed by atoms with E-state index in [1.54, 1.807) is 54.6 Å². The Balaban J connectivity index is 1.59. The van der Waals surface area contributed by atoms with E-state index in [-0.39, 0.29) is 22.4 Å². The van der Waals surface area contributed by atoms with Gasteiger partial charge in [-0.3, -0.25) is 14.9 Å². The van der Waals surface area contributed by atoms with Gasteiger partial charge in [0.05, 0.1) is 17.7 Å². The molecule has 0 aliphatic carbocycles. The van der Waals surface area contributed by atoms with Crippen molar-refractivity contribution in [1.82, 2.24) is 5.32 Å². The van der Waals surface area contributed by atoms with Gasteiger partial charge in [0.2, 0.25) is 0 Å². The van der Waals surface area contributed by atoms with Crippen LogP contribution in [-0.4, -0.2) is 23.1 Å². The summed E-state index contributed by atoms with van der Waals surface area (Å²) >= 11 is 5.33. The number of para-hydroxylation sites is 2. The Bertz CT molecular complexity index is 1180. The van der Waals surface area contributed by atoms with Crippen LogP contribution in [0.2, 0.25) is 0 Å². The number of methoxy groups -OCH3 is 1. The predicted molar refractivity (Wildman–Crippen MR) is 115 cm³/mol. The van der Waals surface area contributed by atoms with E-state index in [0.29, 0.717) is 28.5 Å². The summed E-state index contributed by atoms with van der Waals surface area (Å²) in [7, 11) is 1.52. The van der Waals surface area contributed by atoms with Gasteiger partial charge < -0.3 is 14.5 Å². The van der Waals surface area contributed by atoms with E-state index in [2.05, 4.69) is 5.32 Å². The van der Waals surface area contributed by atoms with Gasteiger partial charge in [0.15, 0.2) is 5.11 Å². The summed E-state index contributed by atoms with van der Waals surface area (Å²) < 4.78 is 11.1. The number of amides is 1. The van der Waals surface area contributed by atoms with E-state index in [4.69, 9.17) is 21.4 Å². The SMILES string of the molecule is COc1ccccc1N1C(=O)/C(=C\c2ccc(-c3ccc([N+](=O)[O-])cc3)o2)NC1=S. The Morgan fingerprint density at radius 3 is 2.57 bits per heavy atom. The zero-order valence-corrected chi connectivity index (χ0v) is 16.5. The predicted octanol–water partition coefficient (Wildman–Crippen LogP) is 4.13. The van der Waals surface area contributed by atoms with Crippen LogP contribution in [0.25, 0.3) is 17.4 Å². The number of carbonyl (C=O) groups excluding carboxylic acids is 1. The lowest BCUT2D eigenvalue weighted by atomic mass is 10.1. The molecule has 0 radical (unpaired) electrons. The van der Waals surface area contributed by atoms with Crippen LogP contribution in [0.3, 0.4) is 0 Å². The number of non-ortho nitro benzene ring substituents is 1. The standard InChI is InChI=1S/C21H15N3O5S/c1-28-19-5-3-2-4-17(19)23-20(25)16(22-21(23)30)12-15-10-11-18(29-15)13-6-8-14(9-7-13)24(26)27/h2-12H,1H3,(H,22,30)/b16-12+. The number of thiocarbonyl (C=S) groups is 1. The molecule has 8 nitrogen and oxygen atoms in total. The molecule has 1 aliphatic rings.